The van der Waals surface area contributed by atoms with Gasteiger partial charge in [0, 0.05) is 49.1 Å². The van der Waals surface area contributed by atoms with Crippen LogP contribution in [-0.2, 0) is 11.3 Å². The molecule has 0 spiro atoms. The molecule has 0 radical (unpaired) electrons. The summed E-state index contributed by atoms with van der Waals surface area (Å²) in [5.41, 5.74) is 3.12. The summed E-state index contributed by atoms with van der Waals surface area (Å²) in [6.45, 7) is 14.0. The molecule has 1 fully saturated rings. The summed E-state index contributed by atoms with van der Waals surface area (Å²) in [5.74, 6) is -0.301. The van der Waals surface area contributed by atoms with Crippen LogP contribution in [0.3, 0.4) is 0 Å². The van der Waals surface area contributed by atoms with Crippen LogP contribution in [0, 0.1) is 13.8 Å². The Morgan fingerprint density at radius 3 is 2.50 bits per heavy atom. The number of hydrogen-bond donors (Lipinski definition) is 1. The predicted molar refractivity (Wildman–Crippen MR) is 136 cm³/mol. The molecule has 34 heavy (non-hydrogen) atoms. The van der Waals surface area contributed by atoms with E-state index in [1.54, 1.807) is 24.0 Å². The Hall–Kier alpha value is -2.35. The fraction of sp³-hybridized carbons (Fsp3) is 0.480. The minimum Gasteiger partial charge on any atom is -0.444 e. The fourth-order valence-electron chi connectivity index (χ4n) is 3.86. The van der Waals surface area contributed by atoms with Gasteiger partial charge in [0.15, 0.2) is 0 Å². The number of benzene rings is 1. The van der Waals surface area contributed by atoms with E-state index in [1.807, 2.05) is 40.7 Å². The molecule has 1 atom stereocenters. The second-order valence-corrected chi connectivity index (χ2v) is 10.6. The molecule has 1 unspecified atom stereocenters. The van der Waals surface area contributed by atoms with Gasteiger partial charge < -0.3 is 15.0 Å². The SMILES string of the molecule is Cc1ncc(C(=O)Nc2cc(Cl)cc(CN3CCN(C(=O)OC(C)(C)C)C(C)C3)c2C)cc1Cl. The highest BCUT2D eigenvalue weighted by Crippen LogP contribution is 2.28. The van der Waals surface area contributed by atoms with E-state index >= 15 is 0 Å². The number of halogens is 2. The van der Waals surface area contributed by atoms with Crippen molar-refractivity contribution in [1.82, 2.24) is 14.8 Å². The van der Waals surface area contributed by atoms with Crippen LogP contribution < -0.4 is 5.32 Å². The van der Waals surface area contributed by atoms with Crippen molar-refractivity contribution in [3.8, 4) is 0 Å². The molecule has 1 N–H and O–H groups in total. The molecule has 1 aromatic heterocycles. The number of nitrogens with one attached hydrogen (secondary N) is 1. The van der Waals surface area contributed by atoms with E-state index in [0.29, 0.717) is 53.2 Å². The topological polar surface area (TPSA) is 74.8 Å². The van der Waals surface area contributed by atoms with E-state index < -0.39 is 5.60 Å². The molecule has 0 bridgehead atoms. The average molecular weight is 507 g/mol. The molecular weight excluding hydrogens is 475 g/mol. The second-order valence-electron chi connectivity index (χ2n) is 9.74. The first kappa shape index (κ1) is 26.3. The normalized spacial score (nSPS) is 16.9. The quantitative estimate of drug-likeness (QED) is 0.575. The zero-order chi connectivity index (χ0) is 25.2. The highest BCUT2D eigenvalue weighted by atomic mass is 35.5. The highest BCUT2D eigenvalue weighted by molar-refractivity contribution is 6.32. The van der Waals surface area contributed by atoms with Crippen molar-refractivity contribution in [2.24, 2.45) is 0 Å². The van der Waals surface area contributed by atoms with E-state index in [1.165, 1.54) is 6.20 Å². The van der Waals surface area contributed by atoms with Gasteiger partial charge in [-0.1, -0.05) is 23.2 Å². The largest absolute Gasteiger partial charge is 0.444 e. The molecule has 1 saturated heterocycles. The van der Waals surface area contributed by atoms with E-state index in [4.69, 9.17) is 27.9 Å². The molecule has 2 aromatic rings. The lowest BCUT2D eigenvalue weighted by atomic mass is 10.0. The van der Waals surface area contributed by atoms with Gasteiger partial charge in [0.25, 0.3) is 5.91 Å². The van der Waals surface area contributed by atoms with Crippen LogP contribution in [0.15, 0.2) is 24.4 Å². The lowest BCUT2D eigenvalue weighted by molar-refractivity contribution is 0.000535. The van der Waals surface area contributed by atoms with Crippen molar-refractivity contribution in [2.45, 2.75) is 59.7 Å². The molecule has 1 aliphatic heterocycles. The molecule has 9 heteroatoms. The van der Waals surface area contributed by atoms with Crippen LogP contribution >= 0.6 is 23.2 Å². The van der Waals surface area contributed by atoms with E-state index in [-0.39, 0.29) is 18.0 Å². The second kappa shape index (κ2) is 10.5. The van der Waals surface area contributed by atoms with Gasteiger partial charge in [-0.3, -0.25) is 14.7 Å². The van der Waals surface area contributed by atoms with Gasteiger partial charge in [0.2, 0.25) is 0 Å². The van der Waals surface area contributed by atoms with Gasteiger partial charge in [0.1, 0.15) is 5.60 Å². The summed E-state index contributed by atoms with van der Waals surface area (Å²) in [4.78, 5) is 33.5. The molecule has 7 nitrogen and oxygen atoms in total. The van der Waals surface area contributed by atoms with E-state index in [0.717, 1.165) is 11.1 Å². The van der Waals surface area contributed by atoms with E-state index in [9.17, 15) is 9.59 Å². The third-order valence-corrected chi connectivity index (χ3v) is 6.35. The highest BCUT2D eigenvalue weighted by Gasteiger charge is 2.31. The van der Waals surface area contributed by atoms with Crippen molar-refractivity contribution >= 4 is 40.9 Å². The third-order valence-electron chi connectivity index (χ3n) is 5.75. The number of pyridine rings is 1. The lowest BCUT2D eigenvalue weighted by Gasteiger charge is -2.40. The molecule has 2 heterocycles. The zero-order valence-corrected chi connectivity index (χ0v) is 22.0. The summed E-state index contributed by atoms with van der Waals surface area (Å²) in [6, 6.07) is 5.28. The van der Waals surface area contributed by atoms with Crippen molar-refractivity contribution < 1.29 is 14.3 Å². The molecule has 3 rings (SSSR count). The maximum absolute atomic E-state index is 12.8. The summed E-state index contributed by atoms with van der Waals surface area (Å²) in [5, 5.41) is 3.91. The fourth-order valence-corrected chi connectivity index (χ4v) is 4.27. The van der Waals surface area contributed by atoms with Gasteiger partial charge in [0.05, 0.1) is 16.3 Å². The van der Waals surface area contributed by atoms with Crippen molar-refractivity contribution in [3.63, 3.8) is 0 Å². The predicted octanol–water partition coefficient (Wildman–Crippen LogP) is 5.70. The summed E-state index contributed by atoms with van der Waals surface area (Å²) in [6.07, 6.45) is 1.22. The number of aromatic nitrogens is 1. The number of piperazine rings is 1. The average Bonchev–Trinajstić information content (AvgIpc) is 2.72. The van der Waals surface area contributed by atoms with Crippen LogP contribution in [0.2, 0.25) is 10.0 Å². The van der Waals surface area contributed by atoms with Crippen LogP contribution in [-0.4, -0.2) is 58.1 Å². The molecule has 184 valence electrons. The van der Waals surface area contributed by atoms with Gasteiger partial charge >= 0.3 is 6.09 Å². The molecule has 2 amide bonds. The standard InChI is InChI=1S/C25H32Cl2N4O3/c1-15-13-30(7-8-31(15)24(33)34-25(4,5)6)14-19-9-20(26)11-22(16(19)2)29-23(32)18-10-21(27)17(3)28-12-18/h9-12,15H,7-8,13-14H2,1-6H3,(H,29,32). The summed E-state index contributed by atoms with van der Waals surface area (Å²) >= 11 is 12.5. The molecular formula is C25H32Cl2N4O3. The monoisotopic (exact) mass is 506 g/mol. The maximum Gasteiger partial charge on any atom is 0.410 e. The lowest BCUT2D eigenvalue weighted by Crippen LogP contribution is -2.54. The van der Waals surface area contributed by atoms with Crippen LogP contribution in [0.4, 0.5) is 10.5 Å². The number of aryl methyl sites for hydroxylation is 1. The van der Waals surface area contributed by atoms with Crippen LogP contribution in [0.5, 0.6) is 0 Å². The number of anilines is 1. The number of rotatable bonds is 4. The number of ether oxygens (including phenoxy) is 1. The summed E-state index contributed by atoms with van der Waals surface area (Å²) < 4.78 is 5.54. The summed E-state index contributed by atoms with van der Waals surface area (Å²) in [7, 11) is 0. The van der Waals surface area contributed by atoms with Crippen LogP contribution in [0.25, 0.3) is 0 Å². The number of carbonyl (C=O) groups excluding carboxylic acids is 2. The van der Waals surface area contributed by atoms with Crippen LogP contribution in [0.1, 0.15) is 54.9 Å². The Morgan fingerprint density at radius 2 is 1.88 bits per heavy atom. The Morgan fingerprint density at radius 1 is 1.18 bits per heavy atom. The van der Waals surface area contributed by atoms with Gasteiger partial charge in [-0.05, 0) is 70.9 Å². The number of amides is 2. The van der Waals surface area contributed by atoms with Crippen molar-refractivity contribution in [2.75, 3.05) is 25.0 Å². The number of hydrogen-bond acceptors (Lipinski definition) is 5. The first-order chi connectivity index (χ1) is 15.8. The minimum absolute atomic E-state index is 0.0149. The minimum atomic E-state index is -0.521. The van der Waals surface area contributed by atoms with Crippen molar-refractivity contribution in [3.05, 3.63) is 56.8 Å². The van der Waals surface area contributed by atoms with Gasteiger partial charge in [-0.2, -0.15) is 0 Å². The first-order valence-corrected chi connectivity index (χ1v) is 12.0. The molecule has 0 saturated carbocycles. The van der Waals surface area contributed by atoms with Crippen molar-refractivity contribution in [1.29, 1.82) is 0 Å². The Balaban J connectivity index is 1.70. The number of carbonyl (C=O) groups is 2. The Labute approximate surface area is 211 Å². The smallest absolute Gasteiger partial charge is 0.410 e. The number of nitrogens with zero attached hydrogens (tertiary/aromatic N) is 3. The maximum atomic E-state index is 12.8. The molecule has 1 aromatic carbocycles. The molecule has 0 aliphatic carbocycles. The van der Waals surface area contributed by atoms with E-state index in [2.05, 4.69) is 15.2 Å². The molecule has 1 aliphatic rings. The Bertz CT molecular complexity index is 1080. The third kappa shape index (κ3) is 6.62. The Kier molecular flexibility index (Phi) is 8.11. The van der Waals surface area contributed by atoms with Gasteiger partial charge in [-0.15, -0.1) is 0 Å². The van der Waals surface area contributed by atoms with Gasteiger partial charge in [-0.25, -0.2) is 4.79 Å². The zero-order valence-electron chi connectivity index (χ0n) is 20.5. The first-order valence-electron chi connectivity index (χ1n) is 11.3.